The summed E-state index contributed by atoms with van der Waals surface area (Å²) in [4.78, 5) is 11.7. The summed E-state index contributed by atoms with van der Waals surface area (Å²) in [5, 5.41) is 6.83. The van der Waals surface area contributed by atoms with Gasteiger partial charge in [0.15, 0.2) is 5.96 Å². The minimum Gasteiger partial charge on any atom is -0.444 e. The highest BCUT2D eigenvalue weighted by atomic mass is 16.4. The molecule has 0 aromatic carbocycles. The molecule has 0 bridgehead atoms. The number of oxazole rings is 1. The molecule has 2 heterocycles. The molecule has 1 aliphatic rings. The van der Waals surface area contributed by atoms with Gasteiger partial charge in [-0.05, 0) is 52.9 Å². The van der Waals surface area contributed by atoms with Crippen molar-refractivity contribution in [2.45, 2.75) is 67.0 Å². The van der Waals surface area contributed by atoms with Crippen molar-refractivity contribution < 1.29 is 4.42 Å². The predicted molar refractivity (Wildman–Crippen MR) is 107 cm³/mol. The number of likely N-dealkylation sites (tertiary alicyclic amines) is 1. The van der Waals surface area contributed by atoms with Gasteiger partial charge in [-0.25, -0.2) is 9.98 Å². The van der Waals surface area contributed by atoms with Crippen LogP contribution in [0.15, 0.2) is 9.41 Å². The molecule has 0 amide bonds. The van der Waals surface area contributed by atoms with Crippen LogP contribution in [0.25, 0.3) is 0 Å². The van der Waals surface area contributed by atoms with E-state index in [1.807, 2.05) is 13.8 Å². The molecule has 2 N–H and O–H groups in total. The van der Waals surface area contributed by atoms with Crippen LogP contribution < -0.4 is 10.6 Å². The molecule has 0 saturated carbocycles. The molecule has 2 unspecified atom stereocenters. The fourth-order valence-electron chi connectivity index (χ4n) is 3.66. The van der Waals surface area contributed by atoms with Gasteiger partial charge in [-0.3, -0.25) is 4.90 Å². The van der Waals surface area contributed by atoms with Gasteiger partial charge < -0.3 is 15.1 Å². The third-order valence-corrected chi connectivity index (χ3v) is 5.20. The van der Waals surface area contributed by atoms with Crippen LogP contribution in [0, 0.1) is 25.7 Å². The fourth-order valence-corrected chi connectivity index (χ4v) is 3.66. The highest BCUT2D eigenvalue weighted by molar-refractivity contribution is 5.79. The quantitative estimate of drug-likeness (QED) is 0.600. The molecule has 1 saturated heterocycles. The monoisotopic (exact) mass is 363 g/mol. The molecule has 148 valence electrons. The Morgan fingerprint density at radius 2 is 1.88 bits per heavy atom. The summed E-state index contributed by atoms with van der Waals surface area (Å²) in [6, 6.07) is 0. The van der Waals surface area contributed by atoms with Crippen molar-refractivity contribution in [1.82, 2.24) is 20.5 Å². The van der Waals surface area contributed by atoms with Crippen molar-refractivity contribution in [2.24, 2.45) is 16.8 Å². The average Bonchev–Trinajstić information content (AvgIpc) is 2.87. The van der Waals surface area contributed by atoms with Crippen molar-refractivity contribution >= 4 is 5.96 Å². The summed E-state index contributed by atoms with van der Waals surface area (Å²) in [6.45, 7) is 19.8. The van der Waals surface area contributed by atoms with Crippen molar-refractivity contribution in [3.63, 3.8) is 0 Å². The van der Waals surface area contributed by atoms with Crippen LogP contribution in [0.3, 0.4) is 0 Å². The highest BCUT2D eigenvalue weighted by Crippen LogP contribution is 2.26. The van der Waals surface area contributed by atoms with Crippen molar-refractivity contribution in [3.05, 3.63) is 17.3 Å². The van der Waals surface area contributed by atoms with Crippen LogP contribution in [-0.2, 0) is 6.54 Å². The number of aromatic nitrogens is 1. The molecule has 0 aliphatic carbocycles. The second-order valence-electron chi connectivity index (χ2n) is 8.46. The highest BCUT2D eigenvalue weighted by Gasteiger charge is 2.32. The first-order valence-electron chi connectivity index (χ1n) is 9.91. The first-order chi connectivity index (χ1) is 12.2. The first kappa shape index (κ1) is 20.7. The van der Waals surface area contributed by atoms with Gasteiger partial charge in [-0.15, -0.1) is 0 Å². The zero-order valence-electron chi connectivity index (χ0n) is 17.6. The Kier molecular flexibility index (Phi) is 7.09. The second kappa shape index (κ2) is 8.89. The zero-order chi connectivity index (χ0) is 19.3. The Morgan fingerprint density at radius 1 is 1.23 bits per heavy atom. The Bertz CT molecular complexity index is 578. The van der Waals surface area contributed by atoms with Crippen LogP contribution in [0.4, 0.5) is 0 Å². The van der Waals surface area contributed by atoms with Gasteiger partial charge in [0, 0.05) is 31.7 Å². The lowest BCUT2D eigenvalue weighted by Crippen LogP contribution is -2.57. The summed E-state index contributed by atoms with van der Waals surface area (Å²) >= 11 is 0. The standard InChI is InChI=1S/C20H37N5O/c1-8-21-19(22-10-18-24-16(4)17(5)26-18)23-13-20(6,7)25-11-14(2)9-15(3)12-25/h14-15H,8-13H2,1-7H3,(H2,21,22,23). The number of rotatable bonds is 6. The maximum atomic E-state index is 5.63. The van der Waals surface area contributed by atoms with E-state index in [1.54, 1.807) is 0 Å². The van der Waals surface area contributed by atoms with E-state index in [1.165, 1.54) is 19.5 Å². The van der Waals surface area contributed by atoms with Gasteiger partial charge in [0.25, 0.3) is 0 Å². The lowest BCUT2D eigenvalue weighted by atomic mass is 9.88. The van der Waals surface area contributed by atoms with Crippen LogP contribution >= 0.6 is 0 Å². The number of guanidine groups is 1. The molecule has 1 fully saturated rings. The SMILES string of the molecule is CCNC(=NCc1nc(C)c(C)o1)NCC(C)(C)N1CC(C)CC(C)C1. The van der Waals surface area contributed by atoms with Crippen molar-refractivity contribution in [1.29, 1.82) is 0 Å². The van der Waals surface area contributed by atoms with E-state index in [9.17, 15) is 0 Å². The Labute approximate surface area is 158 Å². The van der Waals surface area contributed by atoms with Gasteiger partial charge in [0.1, 0.15) is 12.3 Å². The van der Waals surface area contributed by atoms with E-state index in [0.29, 0.717) is 12.4 Å². The largest absolute Gasteiger partial charge is 0.444 e. The van der Waals surface area contributed by atoms with Crippen LogP contribution in [0.5, 0.6) is 0 Å². The Morgan fingerprint density at radius 3 is 2.42 bits per heavy atom. The summed E-state index contributed by atoms with van der Waals surface area (Å²) in [5.41, 5.74) is 1.01. The molecule has 6 heteroatoms. The summed E-state index contributed by atoms with van der Waals surface area (Å²) in [7, 11) is 0. The molecular formula is C20H37N5O. The summed E-state index contributed by atoms with van der Waals surface area (Å²) in [5.74, 6) is 3.86. The van der Waals surface area contributed by atoms with E-state index in [-0.39, 0.29) is 5.54 Å². The number of hydrogen-bond acceptors (Lipinski definition) is 4. The van der Waals surface area contributed by atoms with Gasteiger partial charge in [0.2, 0.25) is 5.89 Å². The van der Waals surface area contributed by atoms with Gasteiger partial charge in [0.05, 0.1) is 5.69 Å². The minimum absolute atomic E-state index is 0.0786. The molecule has 2 atom stereocenters. The average molecular weight is 364 g/mol. The molecule has 0 radical (unpaired) electrons. The minimum atomic E-state index is 0.0786. The van der Waals surface area contributed by atoms with E-state index >= 15 is 0 Å². The topological polar surface area (TPSA) is 65.7 Å². The molecule has 0 spiro atoms. The summed E-state index contributed by atoms with van der Waals surface area (Å²) < 4.78 is 5.63. The normalized spacial score (nSPS) is 22.5. The zero-order valence-corrected chi connectivity index (χ0v) is 17.6. The van der Waals surface area contributed by atoms with Gasteiger partial charge in [-0.1, -0.05) is 13.8 Å². The maximum Gasteiger partial charge on any atom is 0.216 e. The molecule has 1 aliphatic heterocycles. The number of nitrogens with one attached hydrogen (secondary N) is 2. The number of aliphatic imine (C=N–C) groups is 1. The number of piperidine rings is 1. The van der Waals surface area contributed by atoms with Crippen LogP contribution in [-0.4, -0.2) is 47.6 Å². The number of nitrogens with zero attached hydrogens (tertiary/aromatic N) is 3. The van der Waals surface area contributed by atoms with E-state index in [0.717, 1.165) is 42.3 Å². The maximum absolute atomic E-state index is 5.63. The molecule has 1 aromatic heterocycles. The third kappa shape index (κ3) is 5.73. The third-order valence-electron chi connectivity index (χ3n) is 5.20. The van der Waals surface area contributed by atoms with Crippen LogP contribution in [0.2, 0.25) is 0 Å². The van der Waals surface area contributed by atoms with Gasteiger partial charge >= 0.3 is 0 Å². The molecule has 1 aromatic rings. The summed E-state index contributed by atoms with van der Waals surface area (Å²) in [6.07, 6.45) is 1.33. The smallest absolute Gasteiger partial charge is 0.216 e. The molecular weight excluding hydrogens is 326 g/mol. The van der Waals surface area contributed by atoms with Crippen molar-refractivity contribution in [2.75, 3.05) is 26.2 Å². The number of hydrogen-bond donors (Lipinski definition) is 2. The molecule has 2 rings (SSSR count). The number of aryl methyl sites for hydroxylation is 2. The van der Waals surface area contributed by atoms with Crippen molar-refractivity contribution in [3.8, 4) is 0 Å². The molecule has 26 heavy (non-hydrogen) atoms. The first-order valence-corrected chi connectivity index (χ1v) is 9.91. The second-order valence-corrected chi connectivity index (χ2v) is 8.46. The van der Waals surface area contributed by atoms with E-state index < -0.39 is 0 Å². The van der Waals surface area contributed by atoms with Crippen LogP contribution in [0.1, 0.15) is 58.4 Å². The molecule has 6 nitrogen and oxygen atoms in total. The lowest BCUT2D eigenvalue weighted by Gasteiger charge is -2.45. The lowest BCUT2D eigenvalue weighted by molar-refractivity contribution is 0.0483. The van der Waals surface area contributed by atoms with E-state index in [4.69, 9.17) is 4.42 Å². The fraction of sp³-hybridized carbons (Fsp3) is 0.800. The Balaban J connectivity index is 1.96. The predicted octanol–water partition coefficient (Wildman–Crippen LogP) is 3.10. The van der Waals surface area contributed by atoms with E-state index in [2.05, 4.69) is 60.1 Å². The Hall–Kier alpha value is -1.56. The van der Waals surface area contributed by atoms with Gasteiger partial charge in [-0.2, -0.15) is 0 Å².